The molecule has 24 heavy (non-hydrogen) atoms. The van der Waals surface area contributed by atoms with Crippen LogP contribution >= 0.6 is 0 Å². The normalized spacial score (nSPS) is 15.7. The minimum Gasteiger partial charge on any atom is -0.484 e. The molecule has 5 nitrogen and oxygen atoms in total. The molecule has 132 valence electrons. The van der Waals surface area contributed by atoms with Crippen LogP contribution in [-0.4, -0.2) is 31.0 Å². The molecule has 0 saturated carbocycles. The first-order valence-electron chi connectivity index (χ1n) is 8.78. The molecule has 5 heteroatoms. The third-order valence-electron chi connectivity index (χ3n) is 4.18. The average molecular weight is 332 g/mol. The highest BCUT2D eigenvalue weighted by Crippen LogP contribution is 2.23. The molecule has 1 aromatic rings. The maximum absolute atomic E-state index is 11.9. The predicted octanol–water partition coefficient (Wildman–Crippen LogP) is 3.13. The van der Waals surface area contributed by atoms with Crippen LogP contribution in [0.1, 0.15) is 46.5 Å². The zero-order chi connectivity index (χ0) is 17.5. The zero-order valence-corrected chi connectivity index (χ0v) is 14.9. The molecule has 1 fully saturated rings. The lowest BCUT2D eigenvalue weighted by atomic mass is 10.0. The van der Waals surface area contributed by atoms with Gasteiger partial charge in [0.15, 0.2) is 6.61 Å². The summed E-state index contributed by atoms with van der Waals surface area (Å²) >= 11 is 0. The maximum atomic E-state index is 11.9. The summed E-state index contributed by atoms with van der Waals surface area (Å²) < 4.78 is 5.52. The van der Waals surface area contributed by atoms with E-state index in [4.69, 9.17) is 4.74 Å². The van der Waals surface area contributed by atoms with Crippen LogP contribution in [0, 0.1) is 5.92 Å². The monoisotopic (exact) mass is 332 g/mol. The van der Waals surface area contributed by atoms with E-state index >= 15 is 0 Å². The van der Waals surface area contributed by atoms with Crippen LogP contribution in [0.25, 0.3) is 0 Å². The van der Waals surface area contributed by atoms with E-state index in [2.05, 4.69) is 19.2 Å². The van der Waals surface area contributed by atoms with Crippen molar-refractivity contribution in [1.29, 1.82) is 0 Å². The van der Waals surface area contributed by atoms with E-state index in [0.717, 1.165) is 31.5 Å². The molecule has 0 spiro atoms. The molecule has 0 aliphatic carbocycles. The number of ether oxygens (including phenoxy) is 1. The van der Waals surface area contributed by atoms with Gasteiger partial charge in [-0.2, -0.15) is 0 Å². The molecule has 1 heterocycles. The fourth-order valence-electron chi connectivity index (χ4n) is 2.76. The smallest absolute Gasteiger partial charge is 0.258 e. The van der Waals surface area contributed by atoms with Crippen LogP contribution in [-0.2, 0) is 9.59 Å². The first kappa shape index (κ1) is 18.3. The van der Waals surface area contributed by atoms with Crippen LogP contribution in [0.2, 0.25) is 0 Å². The number of rotatable bonds is 8. The number of carbonyl (C=O) groups excluding carboxylic acids is 2. The van der Waals surface area contributed by atoms with Crippen molar-refractivity contribution in [2.24, 2.45) is 5.92 Å². The minimum absolute atomic E-state index is 0.00795. The Bertz CT molecular complexity index is 554. The number of anilines is 1. The summed E-state index contributed by atoms with van der Waals surface area (Å²) in [5.74, 6) is 1.33. The second-order valence-electron chi connectivity index (χ2n) is 6.87. The second-order valence-corrected chi connectivity index (χ2v) is 6.87. The highest BCUT2D eigenvalue weighted by atomic mass is 16.5. The number of benzene rings is 1. The number of amides is 2. The van der Waals surface area contributed by atoms with Crippen LogP contribution in [0.5, 0.6) is 5.75 Å². The molecular formula is C19H28N2O3. The molecule has 0 bridgehead atoms. The highest BCUT2D eigenvalue weighted by Gasteiger charge is 2.21. The molecule has 0 unspecified atom stereocenters. The van der Waals surface area contributed by atoms with Crippen molar-refractivity contribution in [2.45, 2.75) is 52.5 Å². The minimum atomic E-state index is -0.106. The Morgan fingerprint density at radius 3 is 2.50 bits per heavy atom. The van der Waals surface area contributed by atoms with Crippen molar-refractivity contribution in [3.8, 4) is 5.75 Å². The number of hydrogen-bond donors (Lipinski definition) is 1. The molecule has 1 aromatic carbocycles. The van der Waals surface area contributed by atoms with Gasteiger partial charge < -0.3 is 15.0 Å². The van der Waals surface area contributed by atoms with E-state index in [1.54, 1.807) is 17.0 Å². The Morgan fingerprint density at radius 2 is 1.92 bits per heavy atom. The van der Waals surface area contributed by atoms with Crippen molar-refractivity contribution in [3.05, 3.63) is 24.3 Å². The summed E-state index contributed by atoms with van der Waals surface area (Å²) in [7, 11) is 0. The van der Waals surface area contributed by atoms with Gasteiger partial charge in [0, 0.05) is 24.7 Å². The van der Waals surface area contributed by atoms with Gasteiger partial charge in [0.05, 0.1) is 0 Å². The highest BCUT2D eigenvalue weighted by molar-refractivity contribution is 5.95. The van der Waals surface area contributed by atoms with Crippen molar-refractivity contribution in [3.63, 3.8) is 0 Å². The fourth-order valence-corrected chi connectivity index (χ4v) is 2.76. The number of hydrogen-bond acceptors (Lipinski definition) is 3. The van der Waals surface area contributed by atoms with Gasteiger partial charge >= 0.3 is 0 Å². The summed E-state index contributed by atoms with van der Waals surface area (Å²) in [6.07, 6.45) is 3.60. The maximum Gasteiger partial charge on any atom is 0.258 e. The van der Waals surface area contributed by atoms with E-state index < -0.39 is 0 Å². The third-order valence-corrected chi connectivity index (χ3v) is 4.18. The van der Waals surface area contributed by atoms with Gasteiger partial charge in [-0.05, 0) is 56.4 Å². The Kier molecular flexibility index (Phi) is 6.64. The summed E-state index contributed by atoms with van der Waals surface area (Å²) in [4.78, 5) is 25.4. The lowest BCUT2D eigenvalue weighted by Gasteiger charge is -2.17. The van der Waals surface area contributed by atoms with Gasteiger partial charge in [-0.15, -0.1) is 0 Å². The molecule has 0 aromatic heterocycles. The van der Waals surface area contributed by atoms with E-state index in [1.165, 1.54) is 0 Å². The van der Waals surface area contributed by atoms with Crippen molar-refractivity contribution in [2.75, 3.05) is 18.1 Å². The van der Waals surface area contributed by atoms with E-state index in [0.29, 0.717) is 18.1 Å². The molecule has 1 aliphatic heterocycles. The van der Waals surface area contributed by atoms with Gasteiger partial charge in [0.2, 0.25) is 5.91 Å². The van der Waals surface area contributed by atoms with Crippen LogP contribution < -0.4 is 15.0 Å². The van der Waals surface area contributed by atoms with Crippen molar-refractivity contribution < 1.29 is 14.3 Å². The van der Waals surface area contributed by atoms with Gasteiger partial charge in [-0.25, -0.2) is 0 Å². The van der Waals surface area contributed by atoms with E-state index in [1.807, 2.05) is 19.1 Å². The predicted molar refractivity (Wildman–Crippen MR) is 95.2 cm³/mol. The van der Waals surface area contributed by atoms with Gasteiger partial charge in [-0.1, -0.05) is 13.8 Å². The Morgan fingerprint density at radius 1 is 1.21 bits per heavy atom. The van der Waals surface area contributed by atoms with Crippen LogP contribution in [0.4, 0.5) is 5.69 Å². The third kappa shape index (κ3) is 5.55. The topological polar surface area (TPSA) is 58.6 Å². The quantitative estimate of drug-likeness (QED) is 0.795. The summed E-state index contributed by atoms with van der Waals surface area (Å²) in [5, 5.41) is 2.95. The van der Waals surface area contributed by atoms with E-state index in [-0.39, 0.29) is 24.5 Å². The number of carbonyl (C=O) groups is 2. The lowest BCUT2D eigenvalue weighted by Crippen LogP contribution is -2.36. The molecule has 1 saturated heterocycles. The largest absolute Gasteiger partial charge is 0.484 e. The Hall–Kier alpha value is -2.04. The molecular weight excluding hydrogens is 304 g/mol. The van der Waals surface area contributed by atoms with Gasteiger partial charge in [0.1, 0.15) is 5.75 Å². The fraction of sp³-hybridized carbons (Fsp3) is 0.579. The number of nitrogens with zero attached hydrogens (tertiary/aromatic N) is 1. The Labute approximate surface area is 144 Å². The Balaban J connectivity index is 1.75. The lowest BCUT2D eigenvalue weighted by molar-refractivity contribution is -0.123. The summed E-state index contributed by atoms with van der Waals surface area (Å²) in [6.45, 7) is 7.15. The first-order valence-corrected chi connectivity index (χ1v) is 8.78. The zero-order valence-electron chi connectivity index (χ0n) is 14.9. The first-order chi connectivity index (χ1) is 11.5. The van der Waals surface area contributed by atoms with Crippen LogP contribution in [0.15, 0.2) is 24.3 Å². The van der Waals surface area contributed by atoms with E-state index in [9.17, 15) is 9.59 Å². The van der Waals surface area contributed by atoms with Crippen molar-refractivity contribution in [1.82, 2.24) is 5.32 Å². The summed E-state index contributed by atoms with van der Waals surface area (Å²) in [5.41, 5.74) is 0.886. The molecule has 2 rings (SSSR count). The molecule has 1 aliphatic rings. The second kappa shape index (κ2) is 8.71. The molecule has 1 N–H and O–H groups in total. The standard InChI is InChI=1S/C19H28N2O3/c1-14(2)6-7-15(3)20-18(22)13-24-17-10-8-16(9-11-17)21-12-4-5-19(21)23/h8-11,14-15H,4-7,12-13H2,1-3H3,(H,20,22)/t15-/m1/s1. The molecule has 1 atom stereocenters. The van der Waals surface area contributed by atoms with Crippen molar-refractivity contribution >= 4 is 17.5 Å². The molecule has 2 amide bonds. The molecule has 0 radical (unpaired) electrons. The van der Waals surface area contributed by atoms with Crippen LogP contribution in [0.3, 0.4) is 0 Å². The van der Waals surface area contributed by atoms with Gasteiger partial charge in [0.25, 0.3) is 5.91 Å². The average Bonchev–Trinajstić information content (AvgIpc) is 2.97. The SMILES string of the molecule is CC(C)CC[C@@H](C)NC(=O)COc1ccc(N2CCCC2=O)cc1. The van der Waals surface area contributed by atoms with Gasteiger partial charge in [-0.3, -0.25) is 9.59 Å². The number of nitrogens with one attached hydrogen (secondary N) is 1. The summed E-state index contributed by atoms with van der Waals surface area (Å²) in [6, 6.07) is 7.49.